The van der Waals surface area contributed by atoms with E-state index in [0.717, 1.165) is 11.1 Å². The van der Waals surface area contributed by atoms with Crippen LogP contribution in [-0.2, 0) is 16.0 Å². The Hall–Kier alpha value is -1.64. The van der Waals surface area contributed by atoms with Gasteiger partial charge in [0.2, 0.25) is 0 Å². The largest absolute Gasteiger partial charge is 0.481 e. The van der Waals surface area contributed by atoms with E-state index in [1.165, 1.54) is 0 Å². The maximum Gasteiger partial charge on any atom is 0.309 e. The lowest BCUT2D eigenvalue weighted by atomic mass is 9.70. The molecule has 1 aliphatic carbocycles. The van der Waals surface area contributed by atoms with E-state index in [9.17, 15) is 14.7 Å². The Morgan fingerprint density at radius 3 is 2.56 bits per heavy atom. The van der Waals surface area contributed by atoms with Crippen LogP contribution in [0.25, 0.3) is 0 Å². The van der Waals surface area contributed by atoms with Gasteiger partial charge < -0.3 is 5.11 Å². The van der Waals surface area contributed by atoms with Crippen molar-refractivity contribution in [2.24, 2.45) is 5.41 Å². The first kappa shape index (κ1) is 12.8. The molecule has 1 N–H and O–H groups in total. The Bertz CT molecular complexity index is 466. The molecule has 0 heterocycles. The second kappa shape index (κ2) is 4.92. The highest BCUT2D eigenvalue weighted by molar-refractivity contribution is 5.84. The Kier molecular flexibility index (Phi) is 3.50. The molecule has 3 heteroatoms. The molecule has 0 spiro atoms. The Labute approximate surface area is 107 Å². The molecule has 1 aliphatic rings. The van der Waals surface area contributed by atoms with Gasteiger partial charge in [0.05, 0.1) is 5.41 Å². The van der Waals surface area contributed by atoms with Crippen molar-refractivity contribution in [1.82, 2.24) is 0 Å². The van der Waals surface area contributed by atoms with Gasteiger partial charge in [0, 0.05) is 12.8 Å². The van der Waals surface area contributed by atoms with E-state index in [1.807, 2.05) is 31.2 Å². The average Bonchev–Trinajstić information content (AvgIpc) is 2.32. The maximum absolute atomic E-state index is 11.6. The third-order valence-electron chi connectivity index (χ3n) is 3.84. The van der Waals surface area contributed by atoms with Crippen LogP contribution in [0.2, 0.25) is 0 Å². The molecule has 0 aromatic heterocycles. The zero-order valence-electron chi connectivity index (χ0n) is 10.6. The van der Waals surface area contributed by atoms with Gasteiger partial charge in [-0.25, -0.2) is 0 Å². The molecule has 0 aliphatic heterocycles. The molecule has 1 aromatic rings. The van der Waals surface area contributed by atoms with E-state index in [-0.39, 0.29) is 5.78 Å². The average molecular weight is 246 g/mol. The summed E-state index contributed by atoms with van der Waals surface area (Å²) in [4.78, 5) is 22.8. The summed E-state index contributed by atoms with van der Waals surface area (Å²) < 4.78 is 0. The quantitative estimate of drug-likeness (QED) is 0.892. The molecule has 3 nitrogen and oxygen atoms in total. The number of rotatable bonds is 3. The summed E-state index contributed by atoms with van der Waals surface area (Å²) in [7, 11) is 0. The smallest absolute Gasteiger partial charge is 0.309 e. The van der Waals surface area contributed by atoms with E-state index in [0.29, 0.717) is 32.1 Å². The van der Waals surface area contributed by atoms with Crippen molar-refractivity contribution < 1.29 is 14.7 Å². The SMILES string of the molecule is Cc1cccc(CC2(C(=O)O)CCC(=O)CC2)c1. The number of carbonyl (C=O) groups is 2. The zero-order valence-corrected chi connectivity index (χ0v) is 10.6. The first-order chi connectivity index (χ1) is 8.52. The first-order valence-electron chi connectivity index (χ1n) is 6.32. The molecule has 1 fully saturated rings. The zero-order chi connectivity index (χ0) is 13.2. The molecule has 2 rings (SSSR count). The molecule has 1 aromatic carbocycles. The van der Waals surface area contributed by atoms with Crippen LogP contribution in [0.4, 0.5) is 0 Å². The summed E-state index contributed by atoms with van der Waals surface area (Å²) in [6.07, 6.45) is 2.26. The highest BCUT2D eigenvalue weighted by Gasteiger charge is 2.41. The first-order valence-corrected chi connectivity index (χ1v) is 6.32. The molecular formula is C15H18O3. The van der Waals surface area contributed by atoms with Gasteiger partial charge in [-0.3, -0.25) is 9.59 Å². The van der Waals surface area contributed by atoms with E-state index < -0.39 is 11.4 Å². The highest BCUT2D eigenvalue weighted by atomic mass is 16.4. The molecule has 0 unspecified atom stereocenters. The van der Waals surface area contributed by atoms with Crippen LogP contribution in [0.3, 0.4) is 0 Å². The number of carbonyl (C=O) groups excluding carboxylic acids is 1. The van der Waals surface area contributed by atoms with Crippen molar-refractivity contribution in [2.75, 3.05) is 0 Å². The van der Waals surface area contributed by atoms with Crippen molar-refractivity contribution >= 4 is 11.8 Å². The number of ketones is 1. The third-order valence-corrected chi connectivity index (χ3v) is 3.84. The third kappa shape index (κ3) is 2.61. The number of carboxylic acids is 1. The van der Waals surface area contributed by atoms with Gasteiger partial charge in [-0.15, -0.1) is 0 Å². The van der Waals surface area contributed by atoms with Gasteiger partial charge in [-0.1, -0.05) is 29.8 Å². The minimum Gasteiger partial charge on any atom is -0.481 e. The second-order valence-corrected chi connectivity index (χ2v) is 5.29. The van der Waals surface area contributed by atoms with E-state index in [4.69, 9.17) is 0 Å². The van der Waals surface area contributed by atoms with Gasteiger partial charge in [0.1, 0.15) is 5.78 Å². The van der Waals surface area contributed by atoms with Crippen molar-refractivity contribution in [3.63, 3.8) is 0 Å². The number of aliphatic carboxylic acids is 1. The molecular weight excluding hydrogens is 228 g/mol. The fourth-order valence-corrected chi connectivity index (χ4v) is 2.69. The van der Waals surface area contributed by atoms with Gasteiger partial charge in [-0.2, -0.15) is 0 Å². The minimum absolute atomic E-state index is 0.191. The number of carboxylic acid groups (broad SMARTS) is 1. The normalized spacial score (nSPS) is 18.6. The number of aryl methyl sites for hydroxylation is 1. The van der Waals surface area contributed by atoms with Crippen molar-refractivity contribution in [3.05, 3.63) is 35.4 Å². The van der Waals surface area contributed by atoms with Gasteiger partial charge >= 0.3 is 5.97 Å². The topological polar surface area (TPSA) is 54.4 Å². The molecule has 18 heavy (non-hydrogen) atoms. The summed E-state index contributed by atoms with van der Waals surface area (Å²) in [6, 6.07) is 7.95. The predicted molar refractivity (Wildman–Crippen MR) is 68.4 cm³/mol. The van der Waals surface area contributed by atoms with E-state index in [2.05, 4.69) is 0 Å². The van der Waals surface area contributed by atoms with Crippen molar-refractivity contribution in [3.8, 4) is 0 Å². The van der Waals surface area contributed by atoms with Crippen LogP contribution in [0.5, 0.6) is 0 Å². The maximum atomic E-state index is 11.6. The monoisotopic (exact) mass is 246 g/mol. The lowest BCUT2D eigenvalue weighted by Gasteiger charge is -2.32. The Morgan fingerprint density at radius 2 is 2.00 bits per heavy atom. The fourth-order valence-electron chi connectivity index (χ4n) is 2.69. The molecule has 0 atom stereocenters. The Morgan fingerprint density at radius 1 is 1.33 bits per heavy atom. The summed E-state index contributed by atoms with van der Waals surface area (Å²) in [5.41, 5.74) is 1.44. The lowest BCUT2D eigenvalue weighted by Crippen LogP contribution is -2.37. The van der Waals surface area contributed by atoms with E-state index in [1.54, 1.807) is 0 Å². The molecule has 1 saturated carbocycles. The van der Waals surface area contributed by atoms with Crippen LogP contribution in [-0.4, -0.2) is 16.9 Å². The number of benzene rings is 1. The standard InChI is InChI=1S/C15H18O3/c1-11-3-2-4-12(9-11)10-15(14(17)18)7-5-13(16)6-8-15/h2-4,9H,5-8,10H2,1H3,(H,17,18). The molecule has 0 bridgehead atoms. The van der Waals surface area contributed by atoms with E-state index >= 15 is 0 Å². The molecule has 0 amide bonds. The predicted octanol–water partition coefficient (Wildman–Crippen LogP) is 2.75. The summed E-state index contributed by atoms with van der Waals surface area (Å²) in [5, 5.41) is 9.49. The summed E-state index contributed by atoms with van der Waals surface area (Å²) in [5.74, 6) is -0.576. The lowest BCUT2D eigenvalue weighted by molar-refractivity contribution is -0.152. The molecule has 96 valence electrons. The Balaban J connectivity index is 2.21. The molecule has 0 saturated heterocycles. The summed E-state index contributed by atoms with van der Waals surface area (Å²) in [6.45, 7) is 2.00. The van der Waals surface area contributed by atoms with Crippen LogP contribution in [0.1, 0.15) is 36.8 Å². The van der Waals surface area contributed by atoms with Gasteiger partial charge in [-0.05, 0) is 31.7 Å². The highest BCUT2D eigenvalue weighted by Crippen LogP contribution is 2.38. The molecule has 0 radical (unpaired) electrons. The van der Waals surface area contributed by atoms with Crippen LogP contribution >= 0.6 is 0 Å². The van der Waals surface area contributed by atoms with Crippen molar-refractivity contribution in [1.29, 1.82) is 0 Å². The van der Waals surface area contributed by atoms with Gasteiger partial charge in [0.15, 0.2) is 0 Å². The summed E-state index contributed by atoms with van der Waals surface area (Å²) >= 11 is 0. The number of hydrogen-bond donors (Lipinski definition) is 1. The van der Waals surface area contributed by atoms with Crippen LogP contribution in [0, 0.1) is 12.3 Å². The van der Waals surface area contributed by atoms with Gasteiger partial charge in [0.25, 0.3) is 0 Å². The minimum atomic E-state index is -0.767. The number of Topliss-reactive ketones (excluding diaryl/α,β-unsaturated/α-hetero) is 1. The van der Waals surface area contributed by atoms with Crippen LogP contribution in [0.15, 0.2) is 24.3 Å². The van der Waals surface area contributed by atoms with Crippen molar-refractivity contribution in [2.45, 2.75) is 39.0 Å². The fraction of sp³-hybridized carbons (Fsp3) is 0.467. The van der Waals surface area contributed by atoms with Crippen LogP contribution < -0.4 is 0 Å². The number of hydrogen-bond acceptors (Lipinski definition) is 2. The second-order valence-electron chi connectivity index (χ2n) is 5.29.